The van der Waals surface area contributed by atoms with E-state index in [2.05, 4.69) is 143 Å². The maximum Gasteiger partial charge on any atom is 0.345 e. The monoisotopic (exact) mass is 1060 g/mol. The molecule has 0 saturated heterocycles. The molecule has 36 heavy (non-hydrogen) atoms. The fourth-order valence-electron chi connectivity index (χ4n) is 3.36. The molecule has 3 aromatic carbocycles. The van der Waals surface area contributed by atoms with E-state index >= 15 is 0 Å². The van der Waals surface area contributed by atoms with Gasteiger partial charge in [-0.3, -0.25) is 0 Å². The molecule has 4 rings (SSSR count). The summed E-state index contributed by atoms with van der Waals surface area (Å²) < 4.78 is 7.62. The van der Waals surface area contributed by atoms with Gasteiger partial charge in [-0.1, -0.05) is 47.8 Å². The Labute approximate surface area is 278 Å². The molecule has 0 aliphatic carbocycles. The number of benzene rings is 3. The van der Waals surface area contributed by atoms with Crippen molar-refractivity contribution in [3.8, 4) is 17.1 Å². The summed E-state index contributed by atoms with van der Waals surface area (Å²) in [6.07, 6.45) is 0. The van der Waals surface area contributed by atoms with E-state index in [1.54, 1.807) is 36.4 Å². The predicted molar refractivity (Wildman–Crippen MR) is 173 cm³/mol. The van der Waals surface area contributed by atoms with Crippen LogP contribution in [0.15, 0.2) is 91.0 Å². The summed E-state index contributed by atoms with van der Waals surface area (Å²) in [6.45, 7) is 0. The van der Waals surface area contributed by atoms with E-state index in [0.29, 0.717) is 40.3 Å². The van der Waals surface area contributed by atoms with E-state index in [0.717, 1.165) is 13.7 Å². The second-order valence-electron chi connectivity index (χ2n) is 7.01. The quantitative estimate of drug-likeness (QED) is 0.206. The van der Waals surface area contributed by atoms with Gasteiger partial charge in [0.1, 0.15) is 0 Å². The van der Waals surface area contributed by atoms with Crippen LogP contribution in [0, 0.1) is 0 Å². The minimum atomic E-state index is -0.863. The lowest BCUT2D eigenvalue weighted by atomic mass is 10.3. The first-order valence-corrected chi connectivity index (χ1v) is 16.4. The highest BCUT2D eigenvalue weighted by molar-refractivity contribution is 9.12. The zero-order valence-corrected chi connectivity index (χ0v) is 31.2. The van der Waals surface area contributed by atoms with E-state index < -0.39 is 17.1 Å². The average molecular weight is 1070 g/mol. The Morgan fingerprint density at radius 3 is 0.694 bits per heavy atom. The lowest BCUT2D eigenvalue weighted by Gasteiger charge is -2.19. The molecular formula is C21H6Br9N3O3. The topological polar surface area (TPSA) is 66.0 Å². The van der Waals surface area contributed by atoms with Crippen molar-refractivity contribution in [2.45, 2.75) is 0 Å². The van der Waals surface area contributed by atoms with Gasteiger partial charge in [-0.05, 0) is 132 Å². The summed E-state index contributed by atoms with van der Waals surface area (Å²) in [5, 5.41) is 0. The van der Waals surface area contributed by atoms with Crippen LogP contribution in [0.25, 0.3) is 17.1 Å². The van der Waals surface area contributed by atoms with E-state index in [4.69, 9.17) is 0 Å². The minimum absolute atomic E-state index is 0.226. The van der Waals surface area contributed by atoms with Crippen LogP contribution >= 0.6 is 143 Å². The van der Waals surface area contributed by atoms with Crippen molar-refractivity contribution < 1.29 is 0 Å². The van der Waals surface area contributed by atoms with Gasteiger partial charge in [0.25, 0.3) is 0 Å². The van der Waals surface area contributed by atoms with Crippen molar-refractivity contribution in [3.63, 3.8) is 0 Å². The zero-order chi connectivity index (χ0) is 26.6. The van der Waals surface area contributed by atoms with Crippen LogP contribution in [0.2, 0.25) is 0 Å². The Hall–Kier alpha value is 0.390. The molecule has 6 nitrogen and oxygen atoms in total. The molecule has 0 amide bonds. The summed E-state index contributed by atoms with van der Waals surface area (Å²) in [4.78, 5) is 41.9. The second-order valence-corrected chi connectivity index (χ2v) is 14.9. The smallest absolute Gasteiger partial charge is 0.246 e. The maximum absolute atomic E-state index is 14.0. The SMILES string of the molecule is O=c1n(-c2c(Br)cc(Br)cc2Br)c(=O)n(-c2c(Br)cc(Br)cc2Br)c(=O)n1-c1c(Br)cc(Br)cc1Br. The number of aromatic nitrogens is 3. The molecule has 0 atom stereocenters. The average Bonchev–Trinajstić information content (AvgIpc) is 2.73. The van der Waals surface area contributed by atoms with Crippen molar-refractivity contribution >= 4 is 143 Å². The van der Waals surface area contributed by atoms with Gasteiger partial charge in [0.2, 0.25) is 0 Å². The molecule has 15 heteroatoms. The Morgan fingerprint density at radius 1 is 0.361 bits per heavy atom. The summed E-state index contributed by atoms with van der Waals surface area (Å²) in [5.41, 5.74) is -1.91. The van der Waals surface area contributed by atoms with Crippen molar-refractivity contribution in [2.75, 3.05) is 0 Å². The third-order valence-corrected chi connectivity index (χ3v) is 9.76. The van der Waals surface area contributed by atoms with Crippen molar-refractivity contribution in [1.29, 1.82) is 0 Å². The number of hydrogen-bond acceptors (Lipinski definition) is 3. The van der Waals surface area contributed by atoms with Crippen LogP contribution in [0.5, 0.6) is 0 Å². The lowest BCUT2D eigenvalue weighted by Crippen LogP contribution is -2.53. The lowest BCUT2D eigenvalue weighted by molar-refractivity contribution is 0.653. The summed E-state index contributed by atoms with van der Waals surface area (Å²) in [5.74, 6) is 0. The number of rotatable bonds is 3. The molecule has 0 aliphatic heterocycles. The highest BCUT2D eigenvalue weighted by Gasteiger charge is 2.26. The standard InChI is InChI=1S/C21H6Br9N3O3/c22-7-1-10(25)16(11(26)2-7)31-19(34)32(17-12(27)3-8(23)4-13(17)28)21(36)33(20(31)35)18-14(29)5-9(24)6-15(18)30/h1-6H. The summed E-state index contributed by atoms with van der Waals surface area (Å²) in [7, 11) is 0. The number of halogens is 9. The molecule has 0 unspecified atom stereocenters. The van der Waals surface area contributed by atoms with Crippen LogP contribution in [-0.4, -0.2) is 13.7 Å². The first-order chi connectivity index (χ1) is 16.8. The highest BCUT2D eigenvalue weighted by Crippen LogP contribution is 2.35. The van der Waals surface area contributed by atoms with Crippen LogP contribution in [0.3, 0.4) is 0 Å². The van der Waals surface area contributed by atoms with Crippen molar-refractivity contribution in [1.82, 2.24) is 13.7 Å². The van der Waals surface area contributed by atoms with Crippen molar-refractivity contribution in [3.05, 3.63) is 108 Å². The Kier molecular flexibility index (Phi) is 9.36. The fraction of sp³-hybridized carbons (Fsp3) is 0. The van der Waals surface area contributed by atoms with Gasteiger partial charge < -0.3 is 0 Å². The van der Waals surface area contributed by atoms with Crippen LogP contribution in [-0.2, 0) is 0 Å². The van der Waals surface area contributed by atoms with Gasteiger partial charge in [-0.2, -0.15) is 0 Å². The van der Waals surface area contributed by atoms with Gasteiger partial charge >= 0.3 is 17.1 Å². The highest BCUT2D eigenvalue weighted by atomic mass is 79.9. The van der Waals surface area contributed by atoms with Crippen LogP contribution < -0.4 is 17.1 Å². The molecule has 1 aromatic heterocycles. The molecule has 1 heterocycles. The van der Waals surface area contributed by atoms with Gasteiger partial charge in [0, 0.05) is 40.3 Å². The second kappa shape index (κ2) is 11.5. The third kappa shape index (κ3) is 5.38. The summed E-state index contributed by atoms with van der Waals surface area (Å²) >= 11 is 30.9. The zero-order valence-electron chi connectivity index (χ0n) is 16.9. The molecule has 186 valence electrons. The molecule has 0 spiro atoms. The van der Waals surface area contributed by atoms with E-state index in [9.17, 15) is 14.4 Å². The van der Waals surface area contributed by atoms with Gasteiger partial charge in [-0.15, -0.1) is 0 Å². The molecule has 0 N–H and O–H groups in total. The molecule has 0 aliphatic rings. The molecule has 0 radical (unpaired) electrons. The Morgan fingerprint density at radius 2 is 0.528 bits per heavy atom. The first kappa shape index (κ1) is 29.4. The normalized spacial score (nSPS) is 11.2. The molecule has 0 fully saturated rings. The largest absolute Gasteiger partial charge is 0.345 e. The predicted octanol–water partition coefficient (Wildman–Crippen LogP) is 9.00. The van der Waals surface area contributed by atoms with Crippen LogP contribution in [0.1, 0.15) is 0 Å². The number of hydrogen-bond donors (Lipinski definition) is 0. The number of nitrogens with zero attached hydrogens (tertiary/aromatic N) is 3. The van der Waals surface area contributed by atoms with E-state index in [1.165, 1.54) is 0 Å². The third-order valence-electron chi connectivity index (χ3n) is 4.76. The molecule has 0 bridgehead atoms. The molecular weight excluding hydrogens is 1060 g/mol. The van der Waals surface area contributed by atoms with Gasteiger partial charge in [0.05, 0.1) is 17.1 Å². The summed E-state index contributed by atoms with van der Waals surface area (Å²) in [6, 6.07) is 10.2. The molecule has 4 aromatic rings. The maximum atomic E-state index is 14.0. The van der Waals surface area contributed by atoms with Gasteiger partial charge in [-0.25, -0.2) is 28.1 Å². The van der Waals surface area contributed by atoms with E-state index in [-0.39, 0.29) is 17.1 Å². The fourth-order valence-corrected chi connectivity index (χ4v) is 11.2. The molecule has 0 saturated carbocycles. The Balaban J connectivity index is 2.32. The van der Waals surface area contributed by atoms with Crippen molar-refractivity contribution in [2.24, 2.45) is 0 Å². The van der Waals surface area contributed by atoms with Gasteiger partial charge in [0.15, 0.2) is 0 Å². The first-order valence-electron chi connectivity index (χ1n) is 9.29. The van der Waals surface area contributed by atoms with Crippen LogP contribution in [0.4, 0.5) is 0 Å². The Bertz CT molecular complexity index is 1460. The minimum Gasteiger partial charge on any atom is -0.246 e. The van der Waals surface area contributed by atoms with E-state index in [1.807, 2.05) is 0 Å².